The Kier molecular flexibility index (Phi) is 8.58. The predicted molar refractivity (Wildman–Crippen MR) is 110 cm³/mol. The summed E-state index contributed by atoms with van der Waals surface area (Å²) in [6, 6.07) is 15.0. The largest absolute Gasteiger partial charge is 0.355 e. The van der Waals surface area contributed by atoms with Crippen molar-refractivity contribution in [1.29, 1.82) is 0 Å². The van der Waals surface area contributed by atoms with E-state index in [-0.39, 0.29) is 24.9 Å². The van der Waals surface area contributed by atoms with Crippen molar-refractivity contribution in [2.24, 2.45) is 0 Å². The molecule has 2 rings (SSSR count). The molecule has 27 heavy (non-hydrogen) atoms. The van der Waals surface area contributed by atoms with E-state index in [2.05, 4.69) is 22.8 Å². The van der Waals surface area contributed by atoms with Crippen molar-refractivity contribution >= 4 is 40.7 Å². The van der Waals surface area contributed by atoms with Gasteiger partial charge in [0.2, 0.25) is 11.8 Å². The SMILES string of the molecule is CN(CC(=O)NCCCc1ccccc1)CC(=O)Nc1ccc(Cl)c(Cl)c1. The minimum atomic E-state index is -0.229. The molecule has 0 aliphatic rings. The zero-order chi connectivity index (χ0) is 19.6. The molecule has 0 saturated heterocycles. The molecule has 0 aliphatic carbocycles. The van der Waals surface area contributed by atoms with E-state index < -0.39 is 0 Å². The van der Waals surface area contributed by atoms with Crippen molar-refractivity contribution in [3.05, 3.63) is 64.1 Å². The van der Waals surface area contributed by atoms with Crippen LogP contribution in [-0.4, -0.2) is 43.4 Å². The van der Waals surface area contributed by atoms with Gasteiger partial charge in [0.15, 0.2) is 0 Å². The van der Waals surface area contributed by atoms with Crippen LogP contribution in [0.25, 0.3) is 0 Å². The topological polar surface area (TPSA) is 61.4 Å². The second-order valence-electron chi connectivity index (χ2n) is 6.29. The fraction of sp³-hybridized carbons (Fsp3) is 0.300. The van der Waals surface area contributed by atoms with Gasteiger partial charge in [0.1, 0.15) is 0 Å². The molecule has 7 heteroatoms. The first-order valence-corrected chi connectivity index (χ1v) is 9.43. The van der Waals surface area contributed by atoms with E-state index in [9.17, 15) is 9.59 Å². The number of carbonyl (C=O) groups excluding carboxylic acids is 2. The van der Waals surface area contributed by atoms with Gasteiger partial charge in [-0.05, 0) is 43.7 Å². The fourth-order valence-electron chi connectivity index (χ4n) is 2.54. The molecule has 0 saturated carbocycles. The molecule has 0 unspecified atom stereocenters. The van der Waals surface area contributed by atoms with Gasteiger partial charge in [0.05, 0.1) is 23.1 Å². The van der Waals surface area contributed by atoms with Crippen molar-refractivity contribution in [3.8, 4) is 0 Å². The Morgan fingerprint density at radius 1 is 0.963 bits per heavy atom. The molecule has 2 N–H and O–H groups in total. The summed E-state index contributed by atoms with van der Waals surface area (Å²) in [5, 5.41) is 6.40. The van der Waals surface area contributed by atoms with Crippen molar-refractivity contribution in [3.63, 3.8) is 0 Å². The van der Waals surface area contributed by atoms with Crippen LogP contribution in [0, 0.1) is 0 Å². The molecule has 0 atom stereocenters. The minimum absolute atomic E-state index is 0.0949. The number of halogens is 2. The highest BCUT2D eigenvalue weighted by Crippen LogP contribution is 2.24. The quantitative estimate of drug-likeness (QED) is 0.624. The van der Waals surface area contributed by atoms with Gasteiger partial charge in [0, 0.05) is 12.2 Å². The predicted octanol–water partition coefficient (Wildman–Crippen LogP) is 3.61. The summed E-state index contributed by atoms with van der Waals surface area (Å²) in [4.78, 5) is 25.7. The summed E-state index contributed by atoms with van der Waals surface area (Å²) in [7, 11) is 1.72. The molecule has 0 aliphatic heterocycles. The number of hydrogen-bond acceptors (Lipinski definition) is 3. The van der Waals surface area contributed by atoms with Crippen LogP contribution in [0.3, 0.4) is 0 Å². The van der Waals surface area contributed by atoms with Crippen molar-refractivity contribution < 1.29 is 9.59 Å². The lowest BCUT2D eigenvalue weighted by Crippen LogP contribution is -2.39. The highest BCUT2D eigenvalue weighted by atomic mass is 35.5. The van der Waals surface area contributed by atoms with Crippen LogP contribution in [0.1, 0.15) is 12.0 Å². The Labute approximate surface area is 169 Å². The van der Waals surface area contributed by atoms with E-state index in [4.69, 9.17) is 23.2 Å². The summed E-state index contributed by atoms with van der Waals surface area (Å²) >= 11 is 11.8. The fourth-order valence-corrected chi connectivity index (χ4v) is 2.84. The molecular formula is C20H23Cl2N3O2. The van der Waals surface area contributed by atoms with Crippen molar-refractivity contribution in [2.75, 3.05) is 32.0 Å². The number of nitrogens with one attached hydrogen (secondary N) is 2. The highest BCUT2D eigenvalue weighted by molar-refractivity contribution is 6.42. The number of likely N-dealkylation sites (N-methyl/N-ethyl adjacent to an activating group) is 1. The van der Waals surface area contributed by atoms with Crippen LogP contribution in [0.2, 0.25) is 10.0 Å². The average molecular weight is 408 g/mol. The molecule has 2 aromatic rings. The summed E-state index contributed by atoms with van der Waals surface area (Å²) < 4.78 is 0. The van der Waals surface area contributed by atoms with Crippen LogP contribution >= 0.6 is 23.2 Å². The first-order chi connectivity index (χ1) is 12.9. The Morgan fingerprint density at radius 2 is 1.67 bits per heavy atom. The molecule has 0 heterocycles. The standard InChI is InChI=1S/C20H23Cl2N3O2/c1-25(14-20(27)24-16-9-10-17(21)18(22)12-16)13-19(26)23-11-5-8-15-6-3-2-4-7-15/h2-4,6-7,9-10,12H,5,8,11,13-14H2,1H3,(H,23,26)(H,24,27). The Hall–Kier alpha value is -2.08. The summed E-state index contributed by atoms with van der Waals surface area (Å²) in [6.45, 7) is 0.856. The van der Waals surface area contributed by atoms with Gasteiger partial charge in [-0.3, -0.25) is 14.5 Å². The lowest BCUT2D eigenvalue weighted by Gasteiger charge is -2.16. The first kappa shape index (κ1) is 21.2. The van der Waals surface area contributed by atoms with Gasteiger partial charge < -0.3 is 10.6 Å². The lowest BCUT2D eigenvalue weighted by molar-refractivity contribution is -0.122. The second-order valence-corrected chi connectivity index (χ2v) is 7.10. The summed E-state index contributed by atoms with van der Waals surface area (Å²) in [6.07, 6.45) is 1.79. The van der Waals surface area contributed by atoms with E-state index in [1.807, 2.05) is 18.2 Å². The maximum absolute atomic E-state index is 12.1. The number of aryl methyl sites for hydroxylation is 1. The van der Waals surface area contributed by atoms with Gasteiger partial charge in [-0.15, -0.1) is 0 Å². The molecule has 2 amide bonds. The minimum Gasteiger partial charge on any atom is -0.355 e. The molecule has 0 bridgehead atoms. The molecule has 2 aromatic carbocycles. The summed E-state index contributed by atoms with van der Waals surface area (Å²) in [5.41, 5.74) is 1.82. The van der Waals surface area contributed by atoms with Crippen LogP contribution < -0.4 is 10.6 Å². The average Bonchev–Trinajstić information content (AvgIpc) is 2.62. The van der Waals surface area contributed by atoms with Crippen LogP contribution in [0.15, 0.2) is 48.5 Å². The van der Waals surface area contributed by atoms with E-state index in [1.54, 1.807) is 30.1 Å². The molecule has 0 aromatic heterocycles. The number of carbonyl (C=O) groups is 2. The van der Waals surface area contributed by atoms with E-state index in [0.717, 1.165) is 12.8 Å². The van der Waals surface area contributed by atoms with Gasteiger partial charge in [0.25, 0.3) is 0 Å². The maximum Gasteiger partial charge on any atom is 0.238 e. The third kappa shape index (κ3) is 7.99. The molecule has 0 spiro atoms. The molecule has 5 nitrogen and oxygen atoms in total. The van der Waals surface area contributed by atoms with Crippen molar-refractivity contribution in [2.45, 2.75) is 12.8 Å². The number of rotatable bonds is 9. The number of hydrogen-bond donors (Lipinski definition) is 2. The Balaban J connectivity index is 1.64. The van der Waals surface area contributed by atoms with E-state index >= 15 is 0 Å². The summed E-state index contributed by atoms with van der Waals surface area (Å²) in [5.74, 6) is -0.333. The maximum atomic E-state index is 12.1. The molecule has 0 fully saturated rings. The van der Waals surface area contributed by atoms with Gasteiger partial charge in [-0.2, -0.15) is 0 Å². The normalized spacial score (nSPS) is 10.7. The number of benzene rings is 2. The lowest BCUT2D eigenvalue weighted by atomic mass is 10.1. The monoisotopic (exact) mass is 407 g/mol. The number of anilines is 1. The third-order valence-corrected chi connectivity index (χ3v) is 4.58. The van der Waals surface area contributed by atoms with E-state index in [0.29, 0.717) is 22.3 Å². The molecule has 0 radical (unpaired) electrons. The number of amides is 2. The molecule has 144 valence electrons. The molecular weight excluding hydrogens is 385 g/mol. The third-order valence-electron chi connectivity index (χ3n) is 3.84. The Bertz CT molecular complexity index is 769. The van der Waals surface area contributed by atoms with Gasteiger partial charge in [-0.25, -0.2) is 0 Å². The second kappa shape index (κ2) is 10.9. The van der Waals surface area contributed by atoms with Crippen LogP contribution in [-0.2, 0) is 16.0 Å². The highest BCUT2D eigenvalue weighted by Gasteiger charge is 2.11. The van der Waals surface area contributed by atoms with Crippen molar-refractivity contribution in [1.82, 2.24) is 10.2 Å². The first-order valence-electron chi connectivity index (χ1n) is 8.68. The van der Waals surface area contributed by atoms with Crippen LogP contribution in [0.4, 0.5) is 5.69 Å². The number of nitrogens with zero attached hydrogens (tertiary/aromatic N) is 1. The smallest absolute Gasteiger partial charge is 0.238 e. The van der Waals surface area contributed by atoms with Gasteiger partial charge in [-0.1, -0.05) is 53.5 Å². The zero-order valence-corrected chi connectivity index (χ0v) is 16.7. The zero-order valence-electron chi connectivity index (χ0n) is 15.2. The van der Waals surface area contributed by atoms with Gasteiger partial charge >= 0.3 is 0 Å². The Morgan fingerprint density at radius 3 is 2.37 bits per heavy atom. The van der Waals surface area contributed by atoms with Crippen LogP contribution in [0.5, 0.6) is 0 Å². The van der Waals surface area contributed by atoms with E-state index in [1.165, 1.54) is 5.56 Å².